The van der Waals surface area contributed by atoms with Crippen molar-refractivity contribution in [2.45, 2.75) is 24.0 Å². The maximum Gasteiger partial charge on any atom is 0.271 e. The minimum absolute atomic E-state index is 0.195. The van der Waals surface area contributed by atoms with Crippen molar-refractivity contribution < 1.29 is 13.2 Å². The second-order valence-electron chi connectivity index (χ2n) is 6.00. The number of carbonyl (C=O) groups is 1. The van der Waals surface area contributed by atoms with Gasteiger partial charge in [-0.1, -0.05) is 24.3 Å². The minimum atomic E-state index is -3.68. The maximum atomic E-state index is 12.4. The van der Waals surface area contributed by atoms with Crippen LogP contribution in [0.25, 0.3) is 0 Å². The van der Waals surface area contributed by atoms with Crippen LogP contribution in [0.3, 0.4) is 0 Å². The van der Waals surface area contributed by atoms with Gasteiger partial charge in [0.15, 0.2) is 0 Å². The second-order valence-corrected chi connectivity index (χ2v) is 8.86. The van der Waals surface area contributed by atoms with Crippen LogP contribution in [-0.2, 0) is 21.2 Å². The smallest absolute Gasteiger partial charge is 0.271 e. The highest BCUT2D eigenvalue weighted by Crippen LogP contribution is 2.26. The molecule has 1 aromatic carbocycles. The standard InChI is InChI=1S/C19H19N3O3S2/c1-14-11-15(13-20-12-14)8-9-18(23)21-16-5-2-3-6-17(16)22-27(24,25)19-7-4-10-26-19/h2-7,10-13,22H,8-9H2,1H3,(H,21,23). The van der Waals surface area contributed by atoms with Crippen molar-refractivity contribution in [3.8, 4) is 0 Å². The van der Waals surface area contributed by atoms with E-state index in [0.29, 0.717) is 17.8 Å². The molecule has 140 valence electrons. The first-order valence-corrected chi connectivity index (χ1v) is 10.7. The van der Waals surface area contributed by atoms with E-state index >= 15 is 0 Å². The highest BCUT2D eigenvalue weighted by atomic mass is 32.2. The van der Waals surface area contributed by atoms with E-state index in [1.54, 1.807) is 48.1 Å². The van der Waals surface area contributed by atoms with Gasteiger partial charge in [-0.2, -0.15) is 0 Å². The zero-order valence-electron chi connectivity index (χ0n) is 14.7. The third-order valence-corrected chi connectivity index (χ3v) is 6.54. The fraction of sp³-hybridized carbons (Fsp3) is 0.158. The Morgan fingerprint density at radius 2 is 1.89 bits per heavy atom. The van der Waals surface area contributed by atoms with E-state index in [-0.39, 0.29) is 16.5 Å². The van der Waals surface area contributed by atoms with E-state index in [9.17, 15) is 13.2 Å². The van der Waals surface area contributed by atoms with Crippen molar-refractivity contribution >= 4 is 38.6 Å². The highest BCUT2D eigenvalue weighted by molar-refractivity contribution is 7.94. The summed E-state index contributed by atoms with van der Waals surface area (Å²) in [5.41, 5.74) is 2.78. The largest absolute Gasteiger partial charge is 0.324 e. The lowest BCUT2D eigenvalue weighted by atomic mass is 10.1. The monoisotopic (exact) mass is 401 g/mol. The van der Waals surface area contributed by atoms with E-state index in [4.69, 9.17) is 0 Å². The minimum Gasteiger partial charge on any atom is -0.324 e. The molecule has 0 radical (unpaired) electrons. The molecule has 2 heterocycles. The molecule has 0 aliphatic heterocycles. The molecule has 8 heteroatoms. The number of rotatable bonds is 7. The number of pyridine rings is 1. The topological polar surface area (TPSA) is 88.2 Å². The van der Waals surface area contributed by atoms with Gasteiger partial charge in [-0.05, 0) is 48.1 Å². The predicted molar refractivity (Wildman–Crippen MR) is 107 cm³/mol. The molecule has 0 fully saturated rings. The quantitative estimate of drug-likeness (QED) is 0.630. The van der Waals surface area contributed by atoms with Crippen LogP contribution in [0.15, 0.2) is 64.4 Å². The number of hydrogen-bond donors (Lipinski definition) is 2. The van der Waals surface area contributed by atoms with Gasteiger partial charge in [0, 0.05) is 18.8 Å². The molecular weight excluding hydrogens is 382 g/mol. The third-order valence-electron chi connectivity index (χ3n) is 3.78. The summed E-state index contributed by atoms with van der Waals surface area (Å²) in [6, 6.07) is 11.9. The number of aromatic nitrogens is 1. The molecule has 0 atom stereocenters. The number of amides is 1. The van der Waals surface area contributed by atoms with E-state index in [2.05, 4.69) is 15.0 Å². The van der Waals surface area contributed by atoms with Crippen molar-refractivity contribution in [2.75, 3.05) is 10.0 Å². The Bertz CT molecular complexity index is 1030. The van der Waals surface area contributed by atoms with Crippen LogP contribution in [0, 0.1) is 6.92 Å². The SMILES string of the molecule is Cc1cncc(CCC(=O)Nc2ccccc2NS(=O)(=O)c2cccs2)c1. The van der Waals surface area contributed by atoms with Gasteiger partial charge in [-0.25, -0.2) is 8.42 Å². The van der Waals surface area contributed by atoms with Crippen LogP contribution in [0.4, 0.5) is 11.4 Å². The number of benzene rings is 1. The Balaban J connectivity index is 1.68. The summed E-state index contributed by atoms with van der Waals surface area (Å²) in [4.78, 5) is 16.4. The fourth-order valence-electron chi connectivity index (χ4n) is 2.52. The van der Waals surface area contributed by atoms with Crippen LogP contribution in [0.2, 0.25) is 0 Å². The third kappa shape index (κ3) is 5.15. The van der Waals surface area contributed by atoms with Crippen LogP contribution in [0.1, 0.15) is 17.5 Å². The molecule has 3 aromatic rings. The first-order chi connectivity index (χ1) is 12.9. The molecule has 0 unspecified atom stereocenters. The maximum absolute atomic E-state index is 12.4. The zero-order valence-corrected chi connectivity index (χ0v) is 16.3. The van der Waals surface area contributed by atoms with Gasteiger partial charge in [0.1, 0.15) is 4.21 Å². The van der Waals surface area contributed by atoms with Gasteiger partial charge in [0.05, 0.1) is 11.4 Å². The number of thiophene rings is 1. The number of carbonyl (C=O) groups excluding carboxylic acids is 1. The fourth-order valence-corrected chi connectivity index (χ4v) is 4.59. The first-order valence-electron chi connectivity index (χ1n) is 8.30. The normalized spacial score (nSPS) is 11.1. The molecule has 1 amide bonds. The number of nitrogens with zero attached hydrogens (tertiary/aromatic N) is 1. The van der Waals surface area contributed by atoms with E-state index in [1.807, 2.05) is 13.0 Å². The van der Waals surface area contributed by atoms with Gasteiger partial charge >= 0.3 is 0 Å². The Labute approximate surface area is 162 Å². The molecule has 3 rings (SSSR count). The average Bonchev–Trinajstić information content (AvgIpc) is 3.17. The molecule has 0 spiro atoms. The van der Waals surface area contributed by atoms with Gasteiger partial charge < -0.3 is 5.32 Å². The Hall–Kier alpha value is -2.71. The van der Waals surface area contributed by atoms with E-state index in [0.717, 1.165) is 22.5 Å². The summed E-state index contributed by atoms with van der Waals surface area (Å²) in [6.07, 6.45) is 4.34. The number of aryl methyl sites for hydroxylation is 2. The van der Waals surface area contributed by atoms with Crippen molar-refractivity contribution in [3.63, 3.8) is 0 Å². The highest BCUT2D eigenvalue weighted by Gasteiger charge is 2.17. The lowest BCUT2D eigenvalue weighted by Gasteiger charge is -2.13. The Kier molecular flexibility index (Phi) is 5.88. The van der Waals surface area contributed by atoms with Crippen molar-refractivity contribution in [1.29, 1.82) is 0 Å². The molecule has 2 aromatic heterocycles. The van der Waals surface area contributed by atoms with Crippen molar-refractivity contribution in [1.82, 2.24) is 4.98 Å². The number of para-hydroxylation sites is 2. The molecule has 0 bridgehead atoms. The summed E-state index contributed by atoms with van der Waals surface area (Å²) in [5, 5.41) is 4.48. The lowest BCUT2D eigenvalue weighted by molar-refractivity contribution is -0.116. The molecule has 0 aliphatic carbocycles. The van der Waals surface area contributed by atoms with Crippen LogP contribution in [-0.4, -0.2) is 19.3 Å². The summed E-state index contributed by atoms with van der Waals surface area (Å²) >= 11 is 1.13. The molecule has 0 aliphatic rings. The number of anilines is 2. The van der Waals surface area contributed by atoms with Crippen molar-refractivity contribution in [2.24, 2.45) is 0 Å². The summed E-state index contributed by atoms with van der Waals surface area (Å²) in [5.74, 6) is -0.195. The average molecular weight is 402 g/mol. The lowest BCUT2D eigenvalue weighted by Crippen LogP contribution is -2.16. The number of nitrogens with one attached hydrogen (secondary N) is 2. The summed E-state index contributed by atoms with van der Waals surface area (Å²) < 4.78 is 27.6. The van der Waals surface area contributed by atoms with E-state index < -0.39 is 10.0 Å². The summed E-state index contributed by atoms with van der Waals surface area (Å²) in [7, 11) is -3.68. The molecule has 2 N–H and O–H groups in total. The molecule has 27 heavy (non-hydrogen) atoms. The number of hydrogen-bond acceptors (Lipinski definition) is 5. The van der Waals surface area contributed by atoms with Gasteiger partial charge in [-0.15, -0.1) is 11.3 Å². The predicted octanol–water partition coefficient (Wildman–Crippen LogP) is 3.82. The van der Waals surface area contributed by atoms with Gasteiger partial charge in [0.2, 0.25) is 5.91 Å². The van der Waals surface area contributed by atoms with Gasteiger partial charge in [-0.3, -0.25) is 14.5 Å². The molecule has 6 nitrogen and oxygen atoms in total. The Morgan fingerprint density at radius 1 is 1.11 bits per heavy atom. The Morgan fingerprint density at radius 3 is 2.59 bits per heavy atom. The van der Waals surface area contributed by atoms with Crippen LogP contribution >= 0.6 is 11.3 Å². The van der Waals surface area contributed by atoms with Crippen LogP contribution in [0.5, 0.6) is 0 Å². The van der Waals surface area contributed by atoms with Crippen molar-refractivity contribution in [3.05, 3.63) is 71.4 Å². The molecule has 0 saturated heterocycles. The molecular formula is C19H19N3O3S2. The van der Waals surface area contributed by atoms with Gasteiger partial charge in [0.25, 0.3) is 10.0 Å². The second kappa shape index (κ2) is 8.32. The first kappa shape index (κ1) is 19.1. The molecule has 0 saturated carbocycles. The zero-order chi connectivity index (χ0) is 19.3. The van der Waals surface area contributed by atoms with E-state index in [1.165, 1.54) is 6.07 Å². The van der Waals surface area contributed by atoms with Crippen LogP contribution < -0.4 is 10.0 Å². The number of sulfonamides is 1. The summed E-state index contributed by atoms with van der Waals surface area (Å²) in [6.45, 7) is 1.95.